The van der Waals surface area contributed by atoms with Gasteiger partial charge in [-0.1, -0.05) is 81.6 Å². The molecule has 0 amide bonds. The van der Waals surface area contributed by atoms with Crippen molar-refractivity contribution >= 4 is 60.3 Å². The van der Waals surface area contributed by atoms with Crippen molar-refractivity contribution in [3.63, 3.8) is 0 Å². The maximum Gasteiger partial charge on any atom is 0 e. The SMILES string of the molecule is Cc1ccc2c(n1)sc1c[c-]c(-c3nc4ccccc4n3-c3c(C(C)C)cc(-c4ccccc4)cc3C(C)C)cc12.[CH3][Ge]([CH3])([CH3])[c]1cnc(-c2[c-]cccc2)cc1C1CCCCC1.[Ir]. The van der Waals surface area contributed by atoms with Crippen molar-refractivity contribution in [2.45, 2.75) is 102 Å². The predicted molar refractivity (Wildman–Crippen MR) is 272 cm³/mol. The Morgan fingerprint density at radius 3 is 2.09 bits per heavy atom. The van der Waals surface area contributed by atoms with Gasteiger partial charge in [0.25, 0.3) is 0 Å². The third-order valence-corrected chi connectivity index (χ3v) is 18.1. The summed E-state index contributed by atoms with van der Waals surface area (Å²) in [6, 6.07) is 50.1. The number of rotatable bonds is 8. The van der Waals surface area contributed by atoms with Gasteiger partial charge in [0.2, 0.25) is 0 Å². The molecule has 64 heavy (non-hydrogen) atoms. The first kappa shape index (κ1) is 45.8. The Kier molecular flexibility index (Phi) is 13.9. The average Bonchev–Trinajstić information content (AvgIpc) is 3.87. The molecule has 1 radical (unpaired) electrons. The van der Waals surface area contributed by atoms with Gasteiger partial charge in [-0.2, -0.15) is 11.3 Å². The number of hydrogen-bond acceptors (Lipinski definition) is 4. The summed E-state index contributed by atoms with van der Waals surface area (Å²) in [5.74, 6) is 9.76. The minimum atomic E-state index is -1.89. The third-order valence-electron chi connectivity index (χ3n) is 12.7. The second-order valence-electron chi connectivity index (χ2n) is 19.0. The van der Waals surface area contributed by atoms with E-state index >= 15 is 0 Å². The zero-order valence-electron chi connectivity index (χ0n) is 38.4. The molecule has 1 fully saturated rings. The molecule has 0 atom stereocenters. The van der Waals surface area contributed by atoms with Crippen molar-refractivity contribution in [3.05, 3.63) is 162 Å². The molecule has 7 heteroatoms. The van der Waals surface area contributed by atoms with Crippen molar-refractivity contribution < 1.29 is 20.1 Å². The normalized spacial score (nSPS) is 13.4. The van der Waals surface area contributed by atoms with Gasteiger partial charge in [0, 0.05) is 31.5 Å². The van der Waals surface area contributed by atoms with E-state index in [0.29, 0.717) is 11.8 Å². The van der Waals surface area contributed by atoms with Crippen LogP contribution in [0.5, 0.6) is 0 Å². The van der Waals surface area contributed by atoms with Gasteiger partial charge in [-0.15, -0.1) is 23.8 Å². The fourth-order valence-electron chi connectivity index (χ4n) is 9.42. The first-order chi connectivity index (χ1) is 30.4. The summed E-state index contributed by atoms with van der Waals surface area (Å²) >= 11 is -0.159. The number of aromatic nitrogens is 4. The second-order valence-corrected chi connectivity index (χ2v) is 30.6. The van der Waals surface area contributed by atoms with Crippen LogP contribution in [0, 0.1) is 19.1 Å². The smallest absolute Gasteiger partial charge is 0 e. The van der Waals surface area contributed by atoms with Gasteiger partial charge in [0.15, 0.2) is 0 Å². The van der Waals surface area contributed by atoms with Crippen LogP contribution in [0.1, 0.15) is 99.9 Å². The Morgan fingerprint density at radius 1 is 0.703 bits per heavy atom. The number of thiophene rings is 1. The standard InChI is InChI=1S/C37H32N3S.C20H26GeN.Ir/c1-22(2)29-20-27(25-11-7-6-8-12-25)21-30(23(3)4)35(29)40-33-14-10-9-13-32(33)39-36(40)26-16-18-34-31(19-26)28-17-15-24(5)38-37(28)41-34;1-21(2,3)19-15-22-20(17-12-8-5-9-13-17)14-18(19)16-10-6-4-7-11-16;/h6-15,17-23H,1-5H3;5,8-9,12,14-16H,4,6-7,10-11H2,1-3H3;/q2*-1;. The summed E-state index contributed by atoms with van der Waals surface area (Å²) in [6.07, 6.45) is 9.08. The van der Waals surface area contributed by atoms with E-state index in [1.807, 2.05) is 19.1 Å². The number of nitrogens with zero attached hydrogens (tertiary/aromatic N) is 4. The van der Waals surface area contributed by atoms with Crippen LogP contribution in [-0.2, 0) is 20.1 Å². The van der Waals surface area contributed by atoms with Crippen LogP contribution in [0.4, 0.5) is 0 Å². The fourth-order valence-corrected chi connectivity index (χ4v) is 13.8. The van der Waals surface area contributed by atoms with Crippen molar-refractivity contribution in [2.24, 2.45) is 0 Å². The van der Waals surface area contributed by atoms with Crippen LogP contribution >= 0.6 is 11.3 Å². The number of hydrogen-bond donors (Lipinski definition) is 0. The minimum absolute atomic E-state index is 0. The van der Waals surface area contributed by atoms with E-state index < -0.39 is 13.3 Å². The molecular weight excluding hydrogens is 1040 g/mol. The Labute approximate surface area is 400 Å². The van der Waals surface area contributed by atoms with Crippen molar-refractivity contribution in [1.82, 2.24) is 19.5 Å². The van der Waals surface area contributed by atoms with Crippen LogP contribution < -0.4 is 4.40 Å². The molecule has 4 heterocycles. The summed E-state index contributed by atoms with van der Waals surface area (Å²) in [5.41, 5.74) is 14.3. The number of fused-ring (bicyclic) bond motifs is 4. The van der Waals surface area contributed by atoms with E-state index in [1.54, 1.807) is 21.3 Å². The van der Waals surface area contributed by atoms with Gasteiger partial charge >= 0.3 is 137 Å². The monoisotopic (exact) mass is 1100 g/mol. The minimum Gasteiger partial charge on any atom is 0 e. The first-order valence-electron chi connectivity index (χ1n) is 22.8. The van der Waals surface area contributed by atoms with Crippen LogP contribution in [0.25, 0.3) is 70.8 Å². The maximum atomic E-state index is 5.25. The van der Waals surface area contributed by atoms with Gasteiger partial charge < -0.3 is 4.57 Å². The fraction of sp³-hybridized carbons (Fsp3) is 0.281. The zero-order valence-corrected chi connectivity index (χ0v) is 43.7. The van der Waals surface area contributed by atoms with Crippen LogP contribution in [0.2, 0.25) is 17.3 Å². The van der Waals surface area contributed by atoms with Crippen molar-refractivity contribution in [1.29, 1.82) is 0 Å². The molecule has 327 valence electrons. The van der Waals surface area contributed by atoms with E-state index in [1.165, 1.54) is 75.5 Å². The molecule has 0 N–H and O–H groups in total. The van der Waals surface area contributed by atoms with Gasteiger partial charge in [0.1, 0.15) is 4.83 Å². The molecule has 0 aliphatic heterocycles. The Morgan fingerprint density at radius 2 is 1.41 bits per heavy atom. The van der Waals surface area contributed by atoms with Gasteiger partial charge in [0.05, 0.1) is 16.9 Å². The number of benzene rings is 5. The van der Waals surface area contributed by atoms with E-state index in [9.17, 15) is 0 Å². The number of pyridine rings is 2. The summed E-state index contributed by atoms with van der Waals surface area (Å²) in [5, 5.41) is 2.39. The number of aryl methyl sites for hydroxylation is 1. The topological polar surface area (TPSA) is 43.6 Å². The summed E-state index contributed by atoms with van der Waals surface area (Å²) < 4.78 is 5.19. The Hall–Kier alpha value is -4.72. The zero-order chi connectivity index (χ0) is 43.8. The van der Waals surface area contributed by atoms with Crippen LogP contribution in [-0.4, -0.2) is 32.8 Å². The molecule has 4 nitrogen and oxygen atoms in total. The summed E-state index contributed by atoms with van der Waals surface area (Å²) in [6.45, 7) is 11.2. The van der Waals surface area contributed by atoms with E-state index in [2.05, 4.69) is 177 Å². The molecule has 1 saturated carbocycles. The van der Waals surface area contributed by atoms with Crippen molar-refractivity contribution in [3.8, 4) is 39.5 Å². The molecule has 4 aromatic heterocycles. The molecule has 1 aliphatic carbocycles. The van der Waals surface area contributed by atoms with Crippen LogP contribution in [0.15, 0.2) is 128 Å². The molecule has 10 rings (SSSR count). The number of para-hydroxylation sites is 2. The predicted octanol–water partition coefficient (Wildman–Crippen LogP) is 15.6. The van der Waals surface area contributed by atoms with Gasteiger partial charge in [-0.25, -0.2) is 4.98 Å². The largest absolute Gasteiger partial charge is 0 e. The number of imidazole rings is 1. The second kappa shape index (κ2) is 19.4. The maximum absolute atomic E-state index is 5.25. The summed E-state index contributed by atoms with van der Waals surface area (Å²) in [4.78, 5) is 15.9. The van der Waals surface area contributed by atoms with Crippen LogP contribution in [0.3, 0.4) is 0 Å². The van der Waals surface area contributed by atoms with Gasteiger partial charge in [-0.05, 0) is 81.4 Å². The molecule has 5 aromatic carbocycles. The molecule has 0 spiro atoms. The molecule has 0 saturated heterocycles. The quantitative estimate of drug-likeness (QED) is 0.112. The van der Waals surface area contributed by atoms with Crippen molar-refractivity contribution in [2.75, 3.05) is 0 Å². The molecule has 0 unspecified atom stereocenters. The molecule has 1 aliphatic rings. The molecule has 9 aromatic rings. The summed E-state index contributed by atoms with van der Waals surface area (Å²) in [7, 11) is 0. The van der Waals surface area contributed by atoms with E-state index in [0.717, 1.165) is 50.1 Å². The average molecular weight is 1100 g/mol. The Balaban J connectivity index is 0.000000206. The van der Waals surface area contributed by atoms with Gasteiger partial charge in [-0.3, -0.25) is 4.98 Å². The van der Waals surface area contributed by atoms with E-state index in [-0.39, 0.29) is 20.1 Å². The first-order valence-corrected chi connectivity index (χ1v) is 31.0. The molecular formula is C57H58GeIrN4S-2. The molecule has 0 bridgehead atoms. The Bertz CT molecular complexity index is 3020. The van der Waals surface area contributed by atoms with E-state index in [4.69, 9.17) is 15.0 Å². The third kappa shape index (κ3) is 9.35.